The lowest BCUT2D eigenvalue weighted by atomic mass is 10.0. The fourth-order valence-electron chi connectivity index (χ4n) is 2.18. The van der Waals surface area contributed by atoms with Crippen LogP contribution in [0.25, 0.3) is 10.8 Å². The predicted molar refractivity (Wildman–Crippen MR) is 76.1 cm³/mol. The summed E-state index contributed by atoms with van der Waals surface area (Å²) in [6.07, 6.45) is 1.56. The number of amides is 1. The SMILES string of the molecule is Cn1cnnc1CNC(=O)c1ccc(F)c2ccccc12. The summed E-state index contributed by atoms with van der Waals surface area (Å²) in [5.41, 5.74) is 0.439. The van der Waals surface area contributed by atoms with Gasteiger partial charge in [-0.15, -0.1) is 10.2 Å². The highest BCUT2D eigenvalue weighted by Gasteiger charge is 2.12. The van der Waals surface area contributed by atoms with Gasteiger partial charge >= 0.3 is 0 Å². The molecule has 0 saturated carbocycles. The Morgan fingerprint density at radius 3 is 2.71 bits per heavy atom. The Bertz CT molecular complexity index is 812. The van der Waals surface area contributed by atoms with Gasteiger partial charge in [0, 0.05) is 18.0 Å². The number of aromatic nitrogens is 3. The summed E-state index contributed by atoms with van der Waals surface area (Å²) < 4.78 is 15.5. The second-order valence-corrected chi connectivity index (χ2v) is 4.68. The molecule has 5 nitrogen and oxygen atoms in total. The average molecular weight is 284 g/mol. The van der Waals surface area contributed by atoms with Crippen LogP contribution in [0.5, 0.6) is 0 Å². The van der Waals surface area contributed by atoms with Crippen LogP contribution in [0.3, 0.4) is 0 Å². The predicted octanol–water partition coefficient (Wildman–Crippen LogP) is 2.04. The van der Waals surface area contributed by atoms with Gasteiger partial charge in [0.25, 0.3) is 5.91 Å². The van der Waals surface area contributed by atoms with E-state index in [9.17, 15) is 9.18 Å². The van der Waals surface area contributed by atoms with Gasteiger partial charge in [0.2, 0.25) is 0 Å². The quantitative estimate of drug-likeness (QED) is 0.800. The van der Waals surface area contributed by atoms with Gasteiger partial charge in [-0.2, -0.15) is 0 Å². The molecule has 3 aromatic rings. The number of carbonyl (C=O) groups excluding carboxylic acids is 1. The number of carbonyl (C=O) groups is 1. The lowest BCUT2D eigenvalue weighted by molar-refractivity contribution is 0.0951. The molecule has 1 amide bonds. The monoisotopic (exact) mass is 284 g/mol. The number of hydrogen-bond donors (Lipinski definition) is 1. The van der Waals surface area contributed by atoms with E-state index in [2.05, 4.69) is 15.5 Å². The Balaban J connectivity index is 1.88. The summed E-state index contributed by atoms with van der Waals surface area (Å²) in [4.78, 5) is 12.3. The molecule has 3 rings (SSSR count). The van der Waals surface area contributed by atoms with Gasteiger partial charge in [-0.3, -0.25) is 4.79 Å². The summed E-state index contributed by atoms with van der Waals surface area (Å²) in [6, 6.07) is 9.71. The third-order valence-corrected chi connectivity index (χ3v) is 3.33. The van der Waals surface area contributed by atoms with E-state index in [0.717, 1.165) is 0 Å². The molecule has 0 fully saturated rings. The van der Waals surface area contributed by atoms with Gasteiger partial charge in [0.15, 0.2) is 5.82 Å². The molecule has 21 heavy (non-hydrogen) atoms. The maximum absolute atomic E-state index is 13.7. The second kappa shape index (κ2) is 5.32. The number of fused-ring (bicyclic) bond motifs is 1. The summed E-state index contributed by atoms with van der Waals surface area (Å²) in [7, 11) is 1.80. The number of aryl methyl sites for hydroxylation is 1. The van der Waals surface area contributed by atoms with E-state index in [1.165, 1.54) is 12.1 Å². The molecule has 0 unspecified atom stereocenters. The molecule has 0 aliphatic carbocycles. The Kier molecular flexibility index (Phi) is 3.35. The molecule has 0 atom stereocenters. The van der Waals surface area contributed by atoms with Crippen molar-refractivity contribution in [1.29, 1.82) is 0 Å². The largest absolute Gasteiger partial charge is 0.345 e. The van der Waals surface area contributed by atoms with Crippen LogP contribution in [0.4, 0.5) is 4.39 Å². The van der Waals surface area contributed by atoms with Crippen LogP contribution < -0.4 is 5.32 Å². The highest BCUT2D eigenvalue weighted by atomic mass is 19.1. The first-order chi connectivity index (χ1) is 10.2. The van der Waals surface area contributed by atoms with Gasteiger partial charge in [-0.05, 0) is 17.5 Å². The van der Waals surface area contributed by atoms with Crippen molar-refractivity contribution < 1.29 is 9.18 Å². The number of halogens is 1. The summed E-state index contributed by atoms with van der Waals surface area (Å²) >= 11 is 0. The number of nitrogens with zero attached hydrogens (tertiary/aromatic N) is 3. The first kappa shape index (κ1) is 13.2. The van der Waals surface area contributed by atoms with Gasteiger partial charge in [-0.1, -0.05) is 24.3 Å². The van der Waals surface area contributed by atoms with Crippen molar-refractivity contribution in [3.8, 4) is 0 Å². The van der Waals surface area contributed by atoms with Crippen molar-refractivity contribution in [2.24, 2.45) is 7.05 Å². The van der Waals surface area contributed by atoms with Crippen LogP contribution in [-0.4, -0.2) is 20.7 Å². The molecule has 0 spiro atoms. The lowest BCUT2D eigenvalue weighted by Gasteiger charge is -2.08. The highest BCUT2D eigenvalue weighted by Crippen LogP contribution is 2.21. The lowest BCUT2D eigenvalue weighted by Crippen LogP contribution is -2.24. The number of nitrogens with one attached hydrogen (secondary N) is 1. The average Bonchev–Trinajstić information content (AvgIpc) is 2.91. The fraction of sp³-hybridized carbons (Fsp3) is 0.133. The fourth-order valence-corrected chi connectivity index (χ4v) is 2.18. The highest BCUT2D eigenvalue weighted by molar-refractivity contribution is 6.07. The van der Waals surface area contributed by atoms with Crippen molar-refractivity contribution in [2.45, 2.75) is 6.54 Å². The van der Waals surface area contributed by atoms with E-state index >= 15 is 0 Å². The van der Waals surface area contributed by atoms with Crippen LogP contribution in [-0.2, 0) is 13.6 Å². The summed E-state index contributed by atoms with van der Waals surface area (Å²) in [5, 5.41) is 11.4. The second-order valence-electron chi connectivity index (χ2n) is 4.68. The van der Waals surface area contributed by atoms with Gasteiger partial charge in [0.1, 0.15) is 12.1 Å². The van der Waals surface area contributed by atoms with Crippen LogP contribution in [0.1, 0.15) is 16.2 Å². The number of benzene rings is 2. The zero-order chi connectivity index (χ0) is 14.8. The molecular formula is C15H13FN4O. The third kappa shape index (κ3) is 2.47. The number of rotatable bonds is 3. The van der Waals surface area contributed by atoms with E-state index in [-0.39, 0.29) is 18.3 Å². The molecule has 1 N–H and O–H groups in total. The first-order valence-electron chi connectivity index (χ1n) is 6.45. The van der Waals surface area contributed by atoms with Crippen LogP contribution >= 0.6 is 0 Å². The summed E-state index contributed by atoms with van der Waals surface area (Å²) in [5.74, 6) is 0.0411. The normalized spacial score (nSPS) is 10.8. The molecular weight excluding hydrogens is 271 g/mol. The van der Waals surface area contributed by atoms with Crippen molar-refractivity contribution >= 4 is 16.7 Å². The maximum Gasteiger partial charge on any atom is 0.252 e. The van der Waals surface area contributed by atoms with Crippen LogP contribution in [0.2, 0.25) is 0 Å². The minimum atomic E-state index is -0.338. The molecule has 0 aliphatic heterocycles. The molecule has 0 radical (unpaired) electrons. The minimum Gasteiger partial charge on any atom is -0.345 e. The Hall–Kier alpha value is -2.76. The van der Waals surface area contributed by atoms with Gasteiger partial charge < -0.3 is 9.88 Å². The standard InChI is InChI=1S/C15H13FN4O/c1-20-9-18-19-14(20)8-17-15(21)12-6-7-13(16)11-5-3-2-4-10(11)12/h2-7,9H,8H2,1H3,(H,17,21). The molecule has 6 heteroatoms. The van der Waals surface area contributed by atoms with E-state index in [0.29, 0.717) is 22.2 Å². The Morgan fingerprint density at radius 1 is 1.24 bits per heavy atom. The van der Waals surface area contributed by atoms with Crippen molar-refractivity contribution in [1.82, 2.24) is 20.1 Å². The third-order valence-electron chi connectivity index (χ3n) is 3.33. The van der Waals surface area contributed by atoms with E-state index < -0.39 is 0 Å². The molecule has 1 heterocycles. The zero-order valence-corrected chi connectivity index (χ0v) is 11.4. The molecule has 0 bridgehead atoms. The van der Waals surface area contributed by atoms with Crippen molar-refractivity contribution in [3.05, 3.63) is 59.9 Å². The summed E-state index contributed by atoms with van der Waals surface area (Å²) in [6.45, 7) is 0.265. The van der Waals surface area contributed by atoms with E-state index in [1.807, 2.05) is 0 Å². The van der Waals surface area contributed by atoms with Crippen LogP contribution in [0, 0.1) is 5.82 Å². The zero-order valence-electron chi connectivity index (χ0n) is 11.4. The first-order valence-corrected chi connectivity index (χ1v) is 6.45. The maximum atomic E-state index is 13.7. The Labute approximate surface area is 120 Å². The smallest absolute Gasteiger partial charge is 0.252 e. The molecule has 0 saturated heterocycles. The molecule has 106 valence electrons. The van der Waals surface area contributed by atoms with Crippen molar-refractivity contribution in [2.75, 3.05) is 0 Å². The van der Waals surface area contributed by atoms with E-state index in [1.54, 1.807) is 42.2 Å². The minimum absolute atomic E-state index is 0.265. The molecule has 2 aromatic carbocycles. The molecule has 1 aromatic heterocycles. The van der Waals surface area contributed by atoms with Gasteiger partial charge in [-0.25, -0.2) is 4.39 Å². The Morgan fingerprint density at radius 2 is 2.00 bits per heavy atom. The van der Waals surface area contributed by atoms with Crippen molar-refractivity contribution in [3.63, 3.8) is 0 Å². The van der Waals surface area contributed by atoms with Gasteiger partial charge in [0.05, 0.1) is 6.54 Å². The van der Waals surface area contributed by atoms with Crippen LogP contribution in [0.15, 0.2) is 42.7 Å². The molecule has 0 aliphatic rings. The van der Waals surface area contributed by atoms with E-state index in [4.69, 9.17) is 0 Å². The number of hydrogen-bond acceptors (Lipinski definition) is 3. The topological polar surface area (TPSA) is 59.8 Å².